The molecule has 0 bridgehead atoms. The summed E-state index contributed by atoms with van der Waals surface area (Å²) in [6.45, 7) is 1.14. The normalized spacial score (nSPS) is 15.8. The molecule has 128 valence electrons. The predicted octanol–water partition coefficient (Wildman–Crippen LogP) is 1.49. The van der Waals surface area contributed by atoms with Crippen LogP contribution in [0.2, 0.25) is 0 Å². The molecule has 1 aliphatic carbocycles. The average Bonchev–Trinajstić information content (AvgIpc) is 3.45. The van der Waals surface area contributed by atoms with Gasteiger partial charge in [0.2, 0.25) is 0 Å². The van der Waals surface area contributed by atoms with Crippen LogP contribution < -0.4 is 10.7 Å². The maximum atomic E-state index is 12.1. The summed E-state index contributed by atoms with van der Waals surface area (Å²) in [5.74, 6) is -1.22. The number of esters is 1. The van der Waals surface area contributed by atoms with E-state index in [4.69, 9.17) is 4.74 Å². The van der Waals surface area contributed by atoms with Crippen LogP contribution in [0.1, 0.15) is 30.3 Å². The van der Waals surface area contributed by atoms with E-state index in [1.807, 2.05) is 0 Å². The summed E-state index contributed by atoms with van der Waals surface area (Å²) >= 11 is 0. The monoisotopic (exact) mass is 339 g/mol. The minimum atomic E-state index is -0.944. The van der Waals surface area contributed by atoms with Crippen molar-refractivity contribution in [3.63, 3.8) is 0 Å². The predicted molar refractivity (Wildman–Crippen MR) is 89.7 cm³/mol. The number of carbonyl (C=O) groups is 2. The number of pyridine rings is 1. The molecule has 1 aliphatic rings. The van der Waals surface area contributed by atoms with Crippen molar-refractivity contribution >= 4 is 22.8 Å². The molecule has 1 aromatic carbocycles. The lowest BCUT2D eigenvalue weighted by molar-refractivity contribution is -0.125. The lowest BCUT2D eigenvalue weighted by Gasteiger charge is -2.22. The number of nitriles is 1. The molecule has 7 nitrogen and oxygen atoms in total. The molecule has 0 saturated heterocycles. The largest absolute Gasteiger partial charge is 0.451 e. The van der Waals surface area contributed by atoms with Gasteiger partial charge in [-0.2, -0.15) is 5.26 Å². The molecule has 1 amide bonds. The third-order valence-corrected chi connectivity index (χ3v) is 4.32. The van der Waals surface area contributed by atoms with Crippen LogP contribution in [0.25, 0.3) is 10.9 Å². The van der Waals surface area contributed by atoms with E-state index in [1.54, 1.807) is 31.2 Å². The fourth-order valence-electron chi connectivity index (χ4n) is 2.72. The highest BCUT2D eigenvalue weighted by Gasteiger charge is 2.43. The van der Waals surface area contributed by atoms with Crippen molar-refractivity contribution < 1.29 is 14.3 Å². The number of carbonyl (C=O) groups excluding carboxylic acids is 2. The quantitative estimate of drug-likeness (QED) is 0.802. The Hall–Kier alpha value is -3.14. The molecule has 3 rings (SSSR count). The maximum Gasteiger partial charge on any atom is 0.355 e. The van der Waals surface area contributed by atoms with Gasteiger partial charge in [0.1, 0.15) is 11.2 Å². The Balaban J connectivity index is 1.66. The van der Waals surface area contributed by atoms with Crippen LogP contribution in [0.5, 0.6) is 0 Å². The van der Waals surface area contributed by atoms with Crippen LogP contribution in [-0.4, -0.2) is 29.0 Å². The SMILES string of the molecule is C[C@@](C#N)(NC(=O)COC(=O)c1cc(=O)c2ccccc2[nH]1)C1CC1. The van der Waals surface area contributed by atoms with Gasteiger partial charge in [-0.3, -0.25) is 9.59 Å². The summed E-state index contributed by atoms with van der Waals surface area (Å²) in [6.07, 6.45) is 1.78. The van der Waals surface area contributed by atoms with Gasteiger partial charge in [-0.1, -0.05) is 12.1 Å². The number of aromatic amines is 1. The molecule has 1 atom stereocenters. The summed E-state index contributed by atoms with van der Waals surface area (Å²) in [4.78, 5) is 38.9. The second kappa shape index (κ2) is 6.40. The van der Waals surface area contributed by atoms with Gasteiger partial charge in [-0.05, 0) is 37.8 Å². The third kappa shape index (κ3) is 3.53. The Labute approximate surface area is 143 Å². The Kier molecular flexibility index (Phi) is 4.28. The molecular formula is C18H17N3O4. The molecule has 1 saturated carbocycles. The molecule has 7 heteroatoms. The van der Waals surface area contributed by atoms with E-state index in [9.17, 15) is 19.6 Å². The van der Waals surface area contributed by atoms with Crippen molar-refractivity contribution in [1.29, 1.82) is 5.26 Å². The van der Waals surface area contributed by atoms with Gasteiger partial charge in [-0.15, -0.1) is 0 Å². The minimum absolute atomic E-state index is 0.0262. The minimum Gasteiger partial charge on any atom is -0.451 e. The zero-order valence-corrected chi connectivity index (χ0v) is 13.7. The number of amides is 1. The van der Waals surface area contributed by atoms with Crippen LogP contribution in [0.3, 0.4) is 0 Å². The third-order valence-electron chi connectivity index (χ3n) is 4.32. The fourth-order valence-corrected chi connectivity index (χ4v) is 2.72. The first kappa shape index (κ1) is 16.7. The smallest absolute Gasteiger partial charge is 0.355 e. The van der Waals surface area contributed by atoms with Gasteiger partial charge in [0.25, 0.3) is 5.91 Å². The molecule has 2 aromatic rings. The second-order valence-corrected chi connectivity index (χ2v) is 6.31. The van der Waals surface area contributed by atoms with Gasteiger partial charge >= 0.3 is 5.97 Å². The molecule has 0 radical (unpaired) electrons. The lowest BCUT2D eigenvalue weighted by atomic mass is 9.98. The van der Waals surface area contributed by atoms with Crippen LogP contribution in [0, 0.1) is 17.2 Å². The van der Waals surface area contributed by atoms with Crippen LogP contribution in [-0.2, 0) is 9.53 Å². The number of hydrogen-bond donors (Lipinski definition) is 2. The van der Waals surface area contributed by atoms with Crippen LogP contribution in [0.4, 0.5) is 0 Å². The Morgan fingerprint density at radius 1 is 1.40 bits per heavy atom. The molecule has 0 spiro atoms. The summed E-state index contributed by atoms with van der Waals surface area (Å²) < 4.78 is 4.95. The fraction of sp³-hybridized carbons (Fsp3) is 0.333. The van der Waals surface area contributed by atoms with E-state index < -0.39 is 24.0 Å². The van der Waals surface area contributed by atoms with E-state index in [0.717, 1.165) is 18.9 Å². The van der Waals surface area contributed by atoms with Crippen molar-refractivity contribution in [1.82, 2.24) is 10.3 Å². The molecular weight excluding hydrogens is 322 g/mol. The Morgan fingerprint density at radius 3 is 2.80 bits per heavy atom. The molecule has 0 unspecified atom stereocenters. The first-order valence-electron chi connectivity index (χ1n) is 7.94. The number of H-pyrrole nitrogens is 1. The van der Waals surface area contributed by atoms with Crippen molar-refractivity contribution in [2.24, 2.45) is 5.92 Å². The summed E-state index contributed by atoms with van der Waals surface area (Å²) in [5.41, 5.74) is -0.767. The number of hydrogen-bond acceptors (Lipinski definition) is 5. The Morgan fingerprint density at radius 2 is 2.12 bits per heavy atom. The van der Waals surface area contributed by atoms with Crippen molar-refractivity contribution in [3.8, 4) is 6.07 Å². The zero-order valence-electron chi connectivity index (χ0n) is 13.7. The number of nitrogens with one attached hydrogen (secondary N) is 2. The van der Waals surface area contributed by atoms with E-state index >= 15 is 0 Å². The van der Waals surface area contributed by atoms with Gasteiger partial charge in [-0.25, -0.2) is 4.79 Å². The molecule has 1 fully saturated rings. The first-order chi connectivity index (χ1) is 11.9. The topological polar surface area (TPSA) is 112 Å². The van der Waals surface area contributed by atoms with Crippen LogP contribution >= 0.6 is 0 Å². The van der Waals surface area contributed by atoms with E-state index in [1.165, 1.54) is 0 Å². The number of benzene rings is 1. The van der Waals surface area contributed by atoms with Crippen molar-refractivity contribution in [2.45, 2.75) is 25.3 Å². The second-order valence-electron chi connectivity index (χ2n) is 6.31. The van der Waals surface area contributed by atoms with Crippen molar-refractivity contribution in [2.75, 3.05) is 6.61 Å². The number of nitrogens with zero attached hydrogens (tertiary/aromatic N) is 1. The summed E-state index contributed by atoms with van der Waals surface area (Å²) in [7, 11) is 0. The van der Waals surface area contributed by atoms with E-state index in [0.29, 0.717) is 10.9 Å². The maximum absolute atomic E-state index is 12.1. The van der Waals surface area contributed by atoms with Gasteiger partial charge in [0, 0.05) is 17.0 Å². The molecule has 2 N–H and O–H groups in total. The van der Waals surface area contributed by atoms with Gasteiger partial charge < -0.3 is 15.0 Å². The number of rotatable bonds is 5. The molecule has 1 heterocycles. The summed E-state index contributed by atoms with van der Waals surface area (Å²) in [6, 6.07) is 10.0. The van der Waals surface area contributed by atoms with Crippen LogP contribution in [0.15, 0.2) is 35.1 Å². The highest BCUT2D eigenvalue weighted by atomic mass is 16.5. The number of fused-ring (bicyclic) bond motifs is 1. The van der Waals surface area contributed by atoms with Crippen molar-refractivity contribution in [3.05, 3.63) is 46.2 Å². The van der Waals surface area contributed by atoms with Gasteiger partial charge in [0.15, 0.2) is 12.0 Å². The van der Waals surface area contributed by atoms with E-state index in [-0.39, 0.29) is 17.0 Å². The number of para-hydroxylation sites is 1. The Bertz CT molecular complexity index is 939. The number of aromatic nitrogens is 1. The van der Waals surface area contributed by atoms with Gasteiger partial charge in [0.05, 0.1) is 6.07 Å². The number of ether oxygens (including phenoxy) is 1. The molecule has 1 aromatic heterocycles. The molecule has 0 aliphatic heterocycles. The average molecular weight is 339 g/mol. The lowest BCUT2D eigenvalue weighted by Crippen LogP contribution is -2.48. The molecule has 25 heavy (non-hydrogen) atoms. The standard InChI is InChI=1S/C18H17N3O4/c1-18(10-19,11-6-7-11)21-16(23)9-25-17(24)14-8-15(22)12-4-2-3-5-13(12)20-14/h2-5,8,11H,6-7,9H2,1H3,(H,20,22)(H,21,23)/t18-/m0/s1. The summed E-state index contributed by atoms with van der Waals surface area (Å²) in [5, 5.41) is 12.3. The highest BCUT2D eigenvalue weighted by molar-refractivity contribution is 5.92. The first-order valence-corrected chi connectivity index (χ1v) is 7.94. The van der Waals surface area contributed by atoms with E-state index in [2.05, 4.69) is 16.4 Å². The zero-order chi connectivity index (χ0) is 18.0. The highest BCUT2D eigenvalue weighted by Crippen LogP contribution is 2.39.